The van der Waals surface area contributed by atoms with Crippen LogP contribution in [0.3, 0.4) is 0 Å². The van der Waals surface area contributed by atoms with Crippen LogP contribution in [-0.2, 0) is 44.7 Å². The third-order valence-corrected chi connectivity index (χ3v) is 5.69. The van der Waals surface area contributed by atoms with E-state index < -0.39 is 43.1 Å². The first kappa shape index (κ1) is 32.2. The first-order chi connectivity index (χ1) is 21.2. The van der Waals surface area contributed by atoms with Crippen molar-refractivity contribution in [3.05, 3.63) is 83.4 Å². The normalized spacial score (nSPS) is 10.5. The lowest BCUT2D eigenvalue weighted by atomic mass is 10.0. The van der Waals surface area contributed by atoms with E-state index in [9.17, 15) is 33.6 Å². The fourth-order valence-electron chi connectivity index (χ4n) is 3.59. The Morgan fingerprint density at radius 2 is 1.39 bits per heavy atom. The molecule has 0 radical (unpaired) electrons. The number of hydrogen-bond donors (Lipinski definition) is 1. The molecule has 0 spiro atoms. The minimum Gasteiger partial charge on any atom is -0.452 e. The number of isocyanates is 3. The first-order valence-corrected chi connectivity index (χ1v) is 12.6. The molecule has 44 heavy (non-hydrogen) atoms. The van der Waals surface area contributed by atoms with Crippen LogP contribution >= 0.6 is 0 Å². The standard InChI is InChI=1S/C30H22N4O10/c1-19-2-3-20(12-25(19)33-18-37)13-26(30(41)43-15-28(39)44-24-10-8-23(9-11-24)32-17-36)34-27(38)14-42-29(40)21-4-6-22(7-5-21)31-16-35/h2-12,26H,13-15H2,1H3,(H,34,38). The lowest BCUT2D eigenvalue weighted by molar-refractivity contribution is -0.156. The van der Waals surface area contributed by atoms with E-state index in [0.29, 0.717) is 16.8 Å². The molecule has 3 aromatic carbocycles. The van der Waals surface area contributed by atoms with Gasteiger partial charge in [0.1, 0.15) is 11.8 Å². The Balaban J connectivity index is 1.66. The van der Waals surface area contributed by atoms with Gasteiger partial charge < -0.3 is 19.5 Å². The number of hydrogen-bond acceptors (Lipinski definition) is 13. The van der Waals surface area contributed by atoms with E-state index in [2.05, 4.69) is 20.3 Å². The minimum absolute atomic E-state index is 0.0751. The molecule has 14 nitrogen and oxygen atoms in total. The Labute approximate surface area is 249 Å². The molecule has 0 saturated heterocycles. The second-order valence-electron chi connectivity index (χ2n) is 8.75. The van der Waals surface area contributed by atoms with Gasteiger partial charge in [0.2, 0.25) is 18.2 Å². The minimum atomic E-state index is -1.36. The van der Waals surface area contributed by atoms with Crippen molar-refractivity contribution >= 4 is 59.1 Å². The third kappa shape index (κ3) is 9.95. The van der Waals surface area contributed by atoms with E-state index in [1.54, 1.807) is 19.1 Å². The van der Waals surface area contributed by atoms with E-state index in [1.807, 2.05) is 0 Å². The van der Waals surface area contributed by atoms with Gasteiger partial charge in [-0.3, -0.25) is 4.79 Å². The van der Waals surface area contributed by atoms with Crippen LogP contribution in [0.25, 0.3) is 0 Å². The van der Waals surface area contributed by atoms with Crippen molar-refractivity contribution in [3.8, 4) is 5.75 Å². The summed E-state index contributed by atoms with van der Waals surface area (Å²) in [6.45, 7) is 0.129. The van der Waals surface area contributed by atoms with Crippen molar-refractivity contribution in [2.45, 2.75) is 19.4 Å². The van der Waals surface area contributed by atoms with Crippen LogP contribution in [0, 0.1) is 6.92 Å². The van der Waals surface area contributed by atoms with E-state index in [-0.39, 0.29) is 29.1 Å². The molecule has 0 fully saturated rings. The van der Waals surface area contributed by atoms with Gasteiger partial charge in [-0.15, -0.1) is 0 Å². The lowest BCUT2D eigenvalue weighted by Gasteiger charge is -2.18. The summed E-state index contributed by atoms with van der Waals surface area (Å²) >= 11 is 0. The van der Waals surface area contributed by atoms with Crippen LogP contribution in [0.4, 0.5) is 17.1 Å². The van der Waals surface area contributed by atoms with Crippen molar-refractivity contribution in [1.82, 2.24) is 5.32 Å². The number of ether oxygens (including phenoxy) is 3. The molecule has 0 saturated carbocycles. The Morgan fingerprint density at radius 1 is 0.773 bits per heavy atom. The highest BCUT2D eigenvalue weighted by Gasteiger charge is 2.25. The number of carbonyl (C=O) groups is 4. The fraction of sp³-hybridized carbons (Fsp3) is 0.167. The van der Waals surface area contributed by atoms with Gasteiger partial charge in [-0.1, -0.05) is 12.1 Å². The summed E-state index contributed by atoms with van der Waals surface area (Å²) in [5, 5.41) is 2.41. The van der Waals surface area contributed by atoms with Crippen LogP contribution in [0.15, 0.2) is 81.7 Å². The molecule has 0 aromatic heterocycles. The van der Waals surface area contributed by atoms with Gasteiger partial charge >= 0.3 is 17.9 Å². The Kier molecular flexibility index (Phi) is 11.9. The Morgan fingerprint density at radius 3 is 2.00 bits per heavy atom. The molecule has 1 unspecified atom stereocenters. The van der Waals surface area contributed by atoms with Gasteiger partial charge in [-0.05, 0) is 72.6 Å². The molecule has 0 aliphatic rings. The summed E-state index contributed by atoms with van der Waals surface area (Å²) in [5.41, 5.74) is 2.06. The predicted octanol–water partition coefficient (Wildman–Crippen LogP) is 2.93. The number of aryl methyl sites for hydroxylation is 1. The second-order valence-corrected chi connectivity index (χ2v) is 8.75. The summed E-state index contributed by atoms with van der Waals surface area (Å²) in [4.78, 5) is 92.1. The number of rotatable bonds is 13. The van der Waals surface area contributed by atoms with E-state index in [4.69, 9.17) is 14.2 Å². The highest BCUT2D eigenvalue weighted by molar-refractivity contribution is 5.92. The zero-order valence-electron chi connectivity index (χ0n) is 23.0. The van der Waals surface area contributed by atoms with Crippen LogP contribution < -0.4 is 10.1 Å². The fourth-order valence-corrected chi connectivity index (χ4v) is 3.59. The summed E-state index contributed by atoms with van der Waals surface area (Å²) in [6, 6.07) is 14.4. The number of amides is 1. The van der Waals surface area contributed by atoms with Gasteiger partial charge in [-0.2, -0.15) is 15.0 Å². The number of carbonyl (C=O) groups excluding carboxylic acids is 7. The highest BCUT2D eigenvalue weighted by Crippen LogP contribution is 2.21. The predicted molar refractivity (Wildman–Crippen MR) is 150 cm³/mol. The average molecular weight is 599 g/mol. The SMILES string of the molecule is Cc1ccc(CC(NC(=O)COC(=O)c2ccc(N=C=O)cc2)C(=O)OCC(=O)Oc2ccc(N=C=O)cc2)cc1N=C=O. The lowest BCUT2D eigenvalue weighted by Crippen LogP contribution is -2.45. The average Bonchev–Trinajstić information content (AvgIpc) is 3.01. The topological polar surface area (TPSA) is 196 Å². The molecule has 14 heteroatoms. The molecule has 0 heterocycles. The van der Waals surface area contributed by atoms with Gasteiger partial charge in [-0.25, -0.2) is 28.8 Å². The zero-order chi connectivity index (χ0) is 31.9. The van der Waals surface area contributed by atoms with Crippen LogP contribution in [0.2, 0.25) is 0 Å². The van der Waals surface area contributed by atoms with Crippen molar-refractivity contribution in [3.63, 3.8) is 0 Å². The van der Waals surface area contributed by atoms with Crippen molar-refractivity contribution in [2.75, 3.05) is 13.2 Å². The van der Waals surface area contributed by atoms with Gasteiger partial charge in [0.15, 0.2) is 13.2 Å². The number of esters is 3. The molecule has 0 bridgehead atoms. The van der Waals surface area contributed by atoms with Gasteiger partial charge in [0, 0.05) is 6.42 Å². The number of nitrogens with zero attached hydrogens (tertiary/aromatic N) is 3. The molecule has 1 N–H and O–H groups in total. The third-order valence-electron chi connectivity index (χ3n) is 5.69. The molecule has 1 amide bonds. The monoisotopic (exact) mass is 598 g/mol. The molecule has 222 valence electrons. The van der Waals surface area contributed by atoms with Gasteiger partial charge in [0.05, 0.1) is 22.6 Å². The summed E-state index contributed by atoms with van der Waals surface area (Å²) in [6.07, 6.45) is 4.04. The van der Waals surface area contributed by atoms with E-state index in [0.717, 1.165) is 0 Å². The summed E-state index contributed by atoms with van der Waals surface area (Å²) in [5.74, 6) is -3.57. The molecule has 1 atom stereocenters. The number of benzene rings is 3. The molecule has 0 aliphatic carbocycles. The molecular weight excluding hydrogens is 576 g/mol. The van der Waals surface area contributed by atoms with Crippen molar-refractivity contribution < 1.29 is 47.8 Å². The van der Waals surface area contributed by atoms with E-state index in [1.165, 1.54) is 72.8 Å². The van der Waals surface area contributed by atoms with Crippen LogP contribution in [0.1, 0.15) is 21.5 Å². The highest BCUT2D eigenvalue weighted by atomic mass is 16.6. The van der Waals surface area contributed by atoms with Crippen LogP contribution in [-0.4, -0.2) is 61.3 Å². The Hall–Kier alpha value is -6.32. The molecule has 0 aliphatic heterocycles. The van der Waals surface area contributed by atoms with Crippen LogP contribution in [0.5, 0.6) is 5.75 Å². The van der Waals surface area contributed by atoms with Crippen molar-refractivity contribution in [1.29, 1.82) is 0 Å². The molecule has 3 aromatic rings. The molecule has 3 rings (SSSR count). The van der Waals surface area contributed by atoms with Gasteiger partial charge in [0.25, 0.3) is 5.91 Å². The summed E-state index contributed by atoms with van der Waals surface area (Å²) in [7, 11) is 0. The van der Waals surface area contributed by atoms with Crippen molar-refractivity contribution in [2.24, 2.45) is 15.0 Å². The quantitative estimate of drug-likeness (QED) is 0.132. The Bertz CT molecular complexity index is 1680. The molecular formula is C30H22N4O10. The maximum Gasteiger partial charge on any atom is 0.349 e. The zero-order valence-corrected chi connectivity index (χ0v) is 23.0. The maximum absolute atomic E-state index is 13.0. The first-order valence-electron chi connectivity index (χ1n) is 12.6. The largest absolute Gasteiger partial charge is 0.452 e. The summed E-state index contributed by atoms with van der Waals surface area (Å²) < 4.78 is 15.2. The second kappa shape index (κ2) is 16.2. The smallest absolute Gasteiger partial charge is 0.349 e. The number of aliphatic imine (C=N–C) groups is 3. The maximum atomic E-state index is 13.0. The number of nitrogens with one attached hydrogen (secondary N) is 1. The van der Waals surface area contributed by atoms with E-state index >= 15 is 0 Å².